The average Bonchev–Trinajstić information content (AvgIpc) is 3.37. The second-order valence-electron chi connectivity index (χ2n) is 18.7. The van der Waals surface area contributed by atoms with Gasteiger partial charge in [0.15, 0.2) is 0 Å². The van der Waals surface area contributed by atoms with Crippen LogP contribution in [-0.2, 0) is 26.2 Å². The topological polar surface area (TPSA) is 61.1 Å². The molecular weight excluding hydrogens is 833 g/mol. The Balaban J connectivity index is 0.000000170. The zero-order valence-electron chi connectivity index (χ0n) is 40.1. The Bertz CT molecular complexity index is 2360. The van der Waals surface area contributed by atoms with E-state index in [1.54, 1.807) is 0 Å². The molecule has 0 aromatic heterocycles. The summed E-state index contributed by atoms with van der Waals surface area (Å²) >= 11 is 0. The van der Waals surface area contributed by atoms with Crippen LogP contribution in [0.3, 0.4) is 0 Å². The van der Waals surface area contributed by atoms with Crippen LogP contribution in [0, 0.1) is 0 Å². The number of fused-ring (bicyclic) bond motifs is 4. The fourth-order valence-electron chi connectivity index (χ4n) is 10.2. The first-order valence-corrected chi connectivity index (χ1v) is 25.3. The third kappa shape index (κ3) is 13.4. The van der Waals surface area contributed by atoms with Crippen LogP contribution >= 0.6 is 0 Å². The van der Waals surface area contributed by atoms with Crippen molar-refractivity contribution >= 4 is 43.1 Å². The molecule has 0 aliphatic carbocycles. The van der Waals surface area contributed by atoms with Crippen LogP contribution in [0.25, 0.3) is 43.1 Å². The van der Waals surface area contributed by atoms with Gasteiger partial charge in [-0.3, -0.25) is 19.6 Å². The van der Waals surface area contributed by atoms with Gasteiger partial charge in [-0.2, -0.15) is 0 Å². The minimum atomic E-state index is 0.998. The van der Waals surface area contributed by atoms with Crippen molar-refractivity contribution in [1.82, 2.24) is 40.9 Å². The molecule has 2 saturated heterocycles. The summed E-state index contributed by atoms with van der Waals surface area (Å²) in [4.78, 5) is 10.3. The molecule has 0 spiro atoms. The molecule has 8 heteroatoms. The first-order valence-electron chi connectivity index (χ1n) is 25.3. The second kappa shape index (κ2) is 25.2. The minimum absolute atomic E-state index is 0.998. The van der Waals surface area contributed by atoms with E-state index in [1.165, 1.54) is 65.3 Å². The lowest BCUT2D eigenvalue weighted by Gasteiger charge is -2.27. The van der Waals surface area contributed by atoms with Gasteiger partial charge in [0.2, 0.25) is 0 Å². The van der Waals surface area contributed by atoms with Crippen LogP contribution in [0.5, 0.6) is 0 Å². The molecule has 0 atom stereocenters. The lowest BCUT2D eigenvalue weighted by Crippen LogP contribution is -2.42. The zero-order valence-corrected chi connectivity index (χ0v) is 40.1. The van der Waals surface area contributed by atoms with Crippen LogP contribution in [0.1, 0.15) is 22.3 Å². The fraction of sp³-hybridized carbons (Fsp3) is 0.333. The van der Waals surface area contributed by atoms with Crippen molar-refractivity contribution in [3.8, 4) is 0 Å². The number of benzene rings is 8. The summed E-state index contributed by atoms with van der Waals surface area (Å²) in [5.74, 6) is 0. The molecule has 10 rings (SSSR count). The normalized spacial score (nSPS) is 17.4. The van der Waals surface area contributed by atoms with Gasteiger partial charge in [0, 0.05) is 131 Å². The molecule has 68 heavy (non-hydrogen) atoms. The lowest BCUT2D eigenvalue weighted by molar-refractivity contribution is 0.234. The quantitative estimate of drug-likeness (QED) is 0.121. The van der Waals surface area contributed by atoms with Crippen molar-refractivity contribution in [2.75, 3.05) is 105 Å². The maximum Gasteiger partial charge on any atom is 0.0240 e. The SMILES string of the molecule is c1ccc2c(CN3CCNCCN(Cc4cccc5ccccc45)CCNCC3)cccc2c1.c1ccc2c(CN3CCNCCN(Cc4cccc5ccccc45)CCNCC3)cccc2c1. The second-order valence-corrected chi connectivity index (χ2v) is 18.7. The monoisotopic (exact) mass is 905 g/mol. The number of nitrogens with one attached hydrogen (secondary N) is 4. The molecule has 2 heterocycles. The van der Waals surface area contributed by atoms with Gasteiger partial charge in [0.25, 0.3) is 0 Å². The van der Waals surface area contributed by atoms with Gasteiger partial charge in [-0.25, -0.2) is 0 Å². The molecule has 8 aromatic carbocycles. The molecule has 0 amide bonds. The first kappa shape index (κ1) is 47.5. The Labute approximate surface area is 405 Å². The van der Waals surface area contributed by atoms with Crippen molar-refractivity contribution in [2.24, 2.45) is 0 Å². The number of nitrogens with zero attached hydrogens (tertiary/aromatic N) is 4. The van der Waals surface area contributed by atoms with Crippen LogP contribution in [0.2, 0.25) is 0 Å². The Morgan fingerprint density at radius 3 is 0.647 bits per heavy atom. The van der Waals surface area contributed by atoms with Gasteiger partial charge >= 0.3 is 0 Å². The van der Waals surface area contributed by atoms with E-state index in [4.69, 9.17) is 0 Å². The van der Waals surface area contributed by atoms with E-state index < -0.39 is 0 Å². The van der Waals surface area contributed by atoms with Gasteiger partial charge in [-0.15, -0.1) is 0 Å². The maximum absolute atomic E-state index is 3.71. The predicted molar refractivity (Wildman–Crippen MR) is 288 cm³/mol. The largest absolute Gasteiger partial charge is 0.314 e. The molecule has 4 N–H and O–H groups in total. The van der Waals surface area contributed by atoms with Crippen molar-refractivity contribution < 1.29 is 0 Å². The molecule has 2 aliphatic heterocycles. The van der Waals surface area contributed by atoms with E-state index in [0.29, 0.717) is 0 Å². The van der Waals surface area contributed by atoms with Gasteiger partial charge in [0.1, 0.15) is 0 Å². The standard InChI is InChI=1S/2C30H36N4/c2*1-3-13-29-25(7-1)9-5-11-27(29)23-33-19-15-31-17-21-34(22-18-32-16-20-33)24-28-12-6-10-26-8-2-4-14-30(26)28/h2*1-14,31-32H,15-24H2. The van der Waals surface area contributed by atoms with E-state index in [0.717, 1.165) is 131 Å². The average molecular weight is 905 g/mol. The summed E-state index contributed by atoms with van der Waals surface area (Å²) in [5, 5.41) is 25.6. The van der Waals surface area contributed by atoms with Crippen molar-refractivity contribution in [3.05, 3.63) is 192 Å². The summed E-state index contributed by atoms with van der Waals surface area (Å²) < 4.78 is 0. The van der Waals surface area contributed by atoms with Gasteiger partial charge in [-0.05, 0) is 65.3 Å². The van der Waals surface area contributed by atoms with Crippen LogP contribution in [0.15, 0.2) is 170 Å². The van der Waals surface area contributed by atoms with E-state index in [-0.39, 0.29) is 0 Å². The Hall–Kier alpha value is -5.52. The van der Waals surface area contributed by atoms with E-state index in [9.17, 15) is 0 Å². The molecule has 0 radical (unpaired) electrons. The number of hydrogen-bond donors (Lipinski definition) is 4. The minimum Gasteiger partial charge on any atom is -0.314 e. The molecule has 0 unspecified atom stereocenters. The van der Waals surface area contributed by atoms with E-state index in [2.05, 4.69) is 211 Å². The van der Waals surface area contributed by atoms with Gasteiger partial charge < -0.3 is 21.3 Å². The predicted octanol–water partition coefficient (Wildman–Crippen LogP) is 8.98. The van der Waals surface area contributed by atoms with Crippen molar-refractivity contribution in [3.63, 3.8) is 0 Å². The van der Waals surface area contributed by atoms with E-state index in [1.807, 2.05) is 0 Å². The molecule has 0 saturated carbocycles. The smallest absolute Gasteiger partial charge is 0.0240 e. The first-order chi connectivity index (χ1) is 33.7. The fourth-order valence-corrected chi connectivity index (χ4v) is 10.2. The van der Waals surface area contributed by atoms with Gasteiger partial charge in [0.05, 0.1) is 0 Å². The van der Waals surface area contributed by atoms with Crippen molar-refractivity contribution in [2.45, 2.75) is 26.2 Å². The van der Waals surface area contributed by atoms with E-state index >= 15 is 0 Å². The Morgan fingerprint density at radius 1 is 0.235 bits per heavy atom. The highest BCUT2D eigenvalue weighted by Gasteiger charge is 2.15. The highest BCUT2D eigenvalue weighted by molar-refractivity contribution is 5.87. The van der Waals surface area contributed by atoms with Crippen LogP contribution in [-0.4, -0.2) is 124 Å². The summed E-state index contributed by atoms with van der Waals surface area (Å²) in [6.45, 7) is 20.7. The molecule has 0 bridgehead atoms. The van der Waals surface area contributed by atoms with Crippen molar-refractivity contribution in [1.29, 1.82) is 0 Å². The Morgan fingerprint density at radius 2 is 0.426 bits per heavy atom. The zero-order chi connectivity index (χ0) is 46.0. The molecule has 8 aromatic rings. The summed E-state index contributed by atoms with van der Waals surface area (Å²) in [6, 6.07) is 61.7. The molecular formula is C60H72N8. The summed E-state index contributed by atoms with van der Waals surface area (Å²) in [5.41, 5.74) is 5.69. The third-order valence-electron chi connectivity index (χ3n) is 13.9. The van der Waals surface area contributed by atoms with Crippen LogP contribution in [0.4, 0.5) is 0 Å². The van der Waals surface area contributed by atoms with Crippen LogP contribution < -0.4 is 21.3 Å². The maximum atomic E-state index is 3.71. The number of hydrogen-bond acceptors (Lipinski definition) is 8. The third-order valence-corrected chi connectivity index (χ3v) is 13.9. The highest BCUT2D eigenvalue weighted by atomic mass is 15.2. The lowest BCUT2D eigenvalue weighted by atomic mass is 10.0. The molecule has 2 fully saturated rings. The van der Waals surface area contributed by atoms with Gasteiger partial charge in [-0.1, -0.05) is 170 Å². The number of rotatable bonds is 8. The Kier molecular flexibility index (Phi) is 17.6. The summed E-state index contributed by atoms with van der Waals surface area (Å²) in [6.07, 6.45) is 0. The molecule has 2 aliphatic rings. The molecule has 8 nitrogen and oxygen atoms in total. The molecule has 352 valence electrons. The summed E-state index contributed by atoms with van der Waals surface area (Å²) in [7, 11) is 0. The highest BCUT2D eigenvalue weighted by Crippen LogP contribution is 2.23.